The number of sulfonamides is 1. The zero-order chi connectivity index (χ0) is 11.1. The van der Waals surface area contributed by atoms with Crippen molar-refractivity contribution in [2.45, 2.75) is 0 Å². The number of para-hydroxylation sites is 1. The van der Waals surface area contributed by atoms with Gasteiger partial charge >= 0.3 is 0 Å². The molecule has 0 radical (unpaired) electrons. The first-order chi connectivity index (χ1) is 6.97. The first kappa shape index (κ1) is 9.85. The summed E-state index contributed by atoms with van der Waals surface area (Å²) in [6.45, 7) is 0. The van der Waals surface area contributed by atoms with E-state index in [9.17, 15) is 13.5 Å². The molecule has 0 aliphatic carbocycles. The number of fused-ring (bicyclic) bond motifs is 1. The molecule has 1 heterocycles. The van der Waals surface area contributed by atoms with E-state index in [2.05, 4.69) is 4.83 Å². The van der Waals surface area contributed by atoms with Crippen molar-refractivity contribution in [2.24, 2.45) is 0 Å². The summed E-state index contributed by atoms with van der Waals surface area (Å²) < 4.78 is 23.2. The predicted octanol–water partition coefficient (Wildman–Crippen LogP) is 0.850. The van der Waals surface area contributed by atoms with E-state index >= 15 is 0 Å². The molecule has 0 fully saturated rings. The predicted molar refractivity (Wildman–Crippen MR) is 57.8 cm³/mol. The van der Waals surface area contributed by atoms with Crippen LogP contribution in [0.3, 0.4) is 0 Å². The number of nitrogens with zero attached hydrogens (tertiary/aromatic N) is 1. The minimum Gasteiger partial charge on any atom is -0.493 e. The van der Waals surface area contributed by atoms with Gasteiger partial charge in [-0.2, -0.15) is 0 Å². The van der Waals surface area contributed by atoms with Crippen molar-refractivity contribution >= 4 is 20.9 Å². The number of hydrogen-bond donors (Lipinski definition) is 2. The van der Waals surface area contributed by atoms with Crippen molar-refractivity contribution in [3.05, 3.63) is 30.3 Å². The first-order valence-electron chi connectivity index (χ1n) is 4.24. The quantitative estimate of drug-likeness (QED) is 0.797. The van der Waals surface area contributed by atoms with Gasteiger partial charge in [-0.05, 0) is 6.07 Å². The third-order valence-electron chi connectivity index (χ3n) is 1.95. The second kappa shape index (κ2) is 3.16. The molecule has 0 bridgehead atoms. The lowest BCUT2D eigenvalue weighted by molar-refractivity contribution is 0.439. The van der Waals surface area contributed by atoms with Crippen LogP contribution in [0.25, 0.3) is 10.9 Å². The molecule has 0 saturated heterocycles. The molecular formula is C9H10N2O3S. The highest BCUT2D eigenvalue weighted by Crippen LogP contribution is 2.22. The molecule has 1 aromatic heterocycles. The smallest absolute Gasteiger partial charge is 0.243 e. The van der Waals surface area contributed by atoms with Gasteiger partial charge in [-0.1, -0.05) is 18.2 Å². The Hall–Kier alpha value is -1.69. The van der Waals surface area contributed by atoms with Crippen LogP contribution in [0.1, 0.15) is 0 Å². The van der Waals surface area contributed by atoms with Gasteiger partial charge in [0.2, 0.25) is 15.9 Å². The summed E-state index contributed by atoms with van der Waals surface area (Å²) in [5.74, 6) is -0.137. The monoisotopic (exact) mass is 226 g/mol. The van der Waals surface area contributed by atoms with Crippen LogP contribution in [0.2, 0.25) is 0 Å². The fourth-order valence-corrected chi connectivity index (χ4v) is 1.93. The molecule has 0 spiro atoms. The number of benzene rings is 1. The third-order valence-corrected chi connectivity index (χ3v) is 2.46. The maximum Gasteiger partial charge on any atom is 0.243 e. The van der Waals surface area contributed by atoms with Crippen molar-refractivity contribution in [3.63, 3.8) is 0 Å². The van der Waals surface area contributed by atoms with E-state index in [0.717, 1.165) is 16.3 Å². The van der Waals surface area contributed by atoms with Gasteiger partial charge in [0, 0.05) is 11.5 Å². The molecule has 15 heavy (non-hydrogen) atoms. The maximum atomic E-state index is 11.1. The Labute approximate surface area is 87.0 Å². The fourth-order valence-electron chi connectivity index (χ4n) is 1.40. The van der Waals surface area contributed by atoms with Crippen LogP contribution < -0.4 is 4.83 Å². The Morgan fingerprint density at radius 2 is 2.00 bits per heavy atom. The van der Waals surface area contributed by atoms with E-state index in [0.29, 0.717) is 5.52 Å². The molecule has 0 aliphatic rings. The molecule has 2 aromatic rings. The summed E-state index contributed by atoms with van der Waals surface area (Å²) in [6.07, 6.45) is 1.03. The summed E-state index contributed by atoms with van der Waals surface area (Å²) in [4.78, 5) is 2.21. The van der Waals surface area contributed by atoms with Crippen molar-refractivity contribution in [1.29, 1.82) is 0 Å². The van der Waals surface area contributed by atoms with Gasteiger partial charge < -0.3 is 5.11 Å². The van der Waals surface area contributed by atoms with E-state index in [1.165, 1.54) is 6.07 Å². The summed E-state index contributed by atoms with van der Waals surface area (Å²) in [5.41, 5.74) is 0.612. The summed E-state index contributed by atoms with van der Waals surface area (Å²) in [7, 11) is -3.41. The zero-order valence-corrected chi connectivity index (χ0v) is 8.82. The summed E-state index contributed by atoms with van der Waals surface area (Å²) >= 11 is 0. The standard InChI is InChI=1S/C9H10N2O3S/c1-15(13,14)10-11-8-5-3-2-4-7(8)6-9(11)12/h2-6,10,12H,1H3. The highest BCUT2D eigenvalue weighted by molar-refractivity contribution is 7.91. The molecule has 0 amide bonds. The number of aromatic hydroxyl groups is 1. The molecule has 0 atom stereocenters. The van der Waals surface area contributed by atoms with Gasteiger partial charge in [0.25, 0.3) is 0 Å². The lowest BCUT2D eigenvalue weighted by atomic mass is 10.3. The Bertz CT molecular complexity index is 601. The fraction of sp³-hybridized carbons (Fsp3) is 0.111. The summed E-state index contributed by atoms with van der Waals surface area (Å²) in [6, 6.07) is 8.57. The van der Waals surface area contributed by atoms with Crippen LogP contribution in [0.5, 0.6) is 5.88 Å². The van der Waals surface area contributed by atoms with E-state index in [1.54, 1.807) is 18.2 Å². The Morgan fingerprint density at radius 1 is 1.33 bits per heavy atom. The number of rotatable bonds is 2. The van der Waals surface area contributed by atoms with Crippen molar-refractivity contribution in [1.82, 2.24) is 4.68 Å². The number of hydrogen-bond acceptors (Lipinski definition) is 3. The van der Waals surface area contributed by atoms with Crippen LogP contribution >= 0.6 is 0 Å². The molecule has 0 unspecified atom stereocenters. The van der Waals surface area contributed by atoms with Crippen molar-refractivity contribution < 1.29 is 13.5 Å². The van der Waals surface area contributed by atoms with Gasteiger partial charge in [-0.3, -0.25) is 0 Å². The van der Waals surface area contributed by atoms with Gasteiger partial charge in [0.05, 0.1) is 11.8 Å². The van der Waals surface area contributed by atoms with Gasteiger partial charge in [0.1, 0.15) is 0 Å². The Balaban J connectivity index is 2.64. The van der Waals surface area contributed by atoms with Crippen LogP contribution in [0, 0.1) is 0 Å². The van der Waals surface area contributed by atoms with E-state index in [-0.39, 0.29) is 5.88 Å². The van der Waals surface area contributed by atoms with Gasteiger partial charge in [-0.15, -0.1) is 0 Å². The number of aromatic nitrogens is 1. The highest BCUT2D eigenvalue weighted by atomic mass is 32.2. The Morgan fingerprint density at radius 3 is 2.67 bits per heavy atom. The minimum absolute atomic E-state index is 0.137. The molecule has 6 heteroatoms. The van der Waals surface area contributed by atoms with Crippen LogP contribution in [0.15, 0.2) is 30.3 Å². The van der Waals surface area contributed by atoms with Crippen molar-refractivity contribution in [3.8, 4) is 5.88 Å². The molecule has 0 aliphatic heterocycles. The molecule has 5 nitrogen and oxygen atoms in total. The van der Waals surface area contributed by atoms with Crippen LogP contribution in [-0.2, 0) is 10.0 Å². The molecule has 0 saturated carbocycles. The average Bonchev–Trinajstić information content (AvgIpc) is 2.41. The van der Waals surface area contributed by atoms with E-state index < -0.39 is 10.0 Å². The molecule has 2 N–H and O–H groups in total. The van der Waals surface area contributed by atoms with Gasteiger partial charge in [0.15, 0.2) is 0 Å². The number of nitrogens with one attached hydrogen (secondary N) is 1. The SMILES string of the molecule is CS(=O)(=O)Nn1c(O)cc2ccccc21. The van der Waals surface area contributed by atoms with Crippen LogP contribution in [0.4, 0.5) is 0 Å². The lowest BCUT2D eigenvalue weighted by Gasteiger charge is -2.07. The largest absolute Gasteiger partial charge is 0.493 e. The summed E-state index contributed by atoms with van der Waals surface area (Å²) in [5, 5.41) is 10.3. The lowest BCUT2D eigenvalue weighted by Crippen LogP contribution is -2.20. The van der Waals surface area contributed by atoms with E-state index in [1.807, 2.05) is 6.07 Å². The highest BCUT2D eigenvalue weighted by Gasteiger charge is 2.10. The normalized spacial score (nSPS) is 11.8. The average molecular weight is 226 g/mol. The van der Waals surface area contributed by atoms with Crippen LogP contribution in [-0.4, -0.2) is 24.5 Å². The maximum absolute atomic E-state index is 11.1. The van der Waals surface area contributed by atoms with Crippen molar-refractivity contribution in [2.75, 3.05) is 11.1 Å². The second-order valence-corrected chi connectivity index (χ2v) is 4.99. The topological polar surface area (TPSA) is 71.3 Å². The zero-order valence-electron chi connectivity index (χ0n) is 8.01. The van der Waals surface area contributed by atoms with Gasteiger partial charge in [-0.25, -0.2) is 17.9 Å². The first-order valence-corrected chi connectivity index (χ1v) is 6.14. The molecule has 2 rings (SSSR count). The van der Waals surface area contributed by atoms with E-state index in [4.69, 9.17) is 0 Å². The molecular weight excluding hydrogens is 216 g/mol. The minimum atomic E-state index is -3.41. The Kier molecular flexibility index (Phi) is 2.08. The molecule has 80 valence electrons. The third kappa shape index (κ3) is 1.89. The molecule has 1 aromatic carbocycles. The second-order valence-electron chi connectivity index (χ2n) is 3.26.